The minimum atomic E-state index is -0.752. The van der Waals surface area contributed by atoms with Crippen LogP contribution in [0.1, 0.15) is 30.5 Å². The number of benzene rings is 1. The first kappa shape index (κ1) is 18.7. The van der Waals surface area contributed by atoms with Crippen LogP contribution in [0.4, 0.5) is 0 Å². The van der Waals surface area contributed by atoms with E-state index < -0.39 is 7.12 Å². The fourth-order valence-electron chi connectivity index (χ4n) is 3.03. The van der Waals surface area contributed by atoms with Gasteiger partial charge in [-0.05, 0) is 48.6 Å². The van der Waals surface area contributed by atoms with Crippen LogP contribution < -0.4 is 9.47 Å². The van der Waals surface area contributed by atoms with Crippen LogP contribution in [0, 0.1) is 0 Å². The molecule has 1 aliphatic rings. The molecule has 2 aromatic rings. The molecule has 138 valence electrons. The van der Waals surface area contributed by atoms with Crippen LogP contribution in [0.3, 0.4) is 0 Å². The second-order valence-electron chi connectivity index (χ2n) is 6.38. The van der Waals surface area contributed by atoms with Gasteiger partial charge in [0, 0.05) is 23.8 Å². The van der Waals surface area contributed by atoms with Crippen molar-refractivity contribution in [3.63, 3.8) is 0 Å². The third-order valence-electron chi connectivity index (χ3n) is 4.40. The summed E-state index contributed by atoms with van der Waals surface area (Å²) in [5.41, 5.74) is 3.22. The van der Waals surface area contributed by atoms with E-state index in [-0.39, 0.29) is 12.5 Å². The summed E-state index contributed by atoms with van der Waals surface area (Å²) in [5.74, 6) is 1.36. The molecule has 1 aromatic carbocycles. The Hall–Kier alpha value is -2.09. The fourth-order valence-corrected chi connectivity index (χ4v) is 3.03. The number of methoxy groups -OCH3 is 1. The first-order valence-electron chi connectivity index (χ1n) is 8.87. The van der Waals surface area contributed by atoms with Crippen molar-refractivity contribution in [2.75, 3.05) is 20.3 Å². The molecule has 0 spiro atoms. The van der Waals surface area contributed by atoms with E-state index in [1.165, 1.54) is 0 Å². The molecule has 2 heterocycles. The normalized spacial score (nSPS) is 16.8. The average molecular weight is 357 g/mol. The minimum Gasteiger partial charge on any atom is -0.493 e. The van der Waals surface area contributed by atoms with E-state index in [1.54, 1.807) is 7.11 Å². The molecule has 1 aliphatic heterocycles. The Morgan fingerprint density at radius 3 is 2.77 bits per heavy atom. The maximum atomic E-state index is 9.63. The summed E-state index contributed by atoms with van der Waals surface area (Å²) in [6.45, 7) is 3.00. The van der Waals surface area contributed by atoms with Crippen LogP contribution >= 0.6 is 0 Å². The highest BCUT2D eigenvalue weighted by molar-refractivity contribution is 6.43. The zero-order chi connectivity index (χ0) is 18.5. The monoisotopic (exact) mass is 357 g/mol. The van der Waals surface area contributed by atoms with Crippen molar-refractivity contribution in [2.45, 2.75) is 32.2 Å². The molecule has 0 radical (unpaired) electrons. The maximum Gasteiger partial charge on any atom is 0.454 e. The van der Waals surface area contributed by atoms with Gasteiger partial charge in [0.25, 0.3) is 0 Å². The lowest BCUT2D eigenvalue weighted by Crippen LogP contribution is -2.08. The molecule has 1 saturated heterocycles. The van der Waals surface area contributed by atoms with Gasteiger partial charge in [-0.15, -0.1) is 0 Å². The van der Waals surface area contributed by atoms with Crippen LogP contribution in [-0.2, 0) is 11.3 Å². The number of hydrogen-bond donors (Lipinski definition) is 2. The first-order chi connectivity index (χ1) is 12.6. The van der Waals surface area contributed by atoms with Crippen molar-refractivity contribution >= 4 is 7.12 Å². The summed E-state index contributed by atoms with van der Waals surface area (Å²) in [6.07, 6.45) is 1.41. The zero-order valence-corrected chi connectivity index (χ0v) is 15.1. The van der Waals surface area contributed by atoms with Gasteiger partial charge < -0.3 is 24.3 Å². The predicted octanol–water partition coefficient (Wildman–Crippen LogP) is 2.63. The van der Waals surface area contributed by atoms with Crippen LogP contribution in [-0.4, -0.2) is 42.6 Å². The number of rotatable bonds is 7. The maximum absolute atomic E-state index is 9.63. The zero-order valence-electron chi connectivity index (χ0n) is 15.1. The van der Waals surface area contributed by atoms with E-state index in [9.17, 15) is 10.1 Å². The van der Waals surface area contributed by atoms with Crippen LogP contribution in [0.15, 0.2) is 30.3 Å². The summed E-state index contributed by atoms with van der Waals surface area (Å²) < 4.78 is 16.4. The molecule has 0 amide bonds. The van der Waals surface area contributed by atoms with Crippen molar-refractivity contribution in [3.8, 4) is 22.8 Å². The summed E-state index contributed by atoms with van der Waals surface area (Å²) >= 11 is 0. The number of hydrogen-bond acceptors (Lipinski definition) is 6. The van der Waals surface area contributed by atoms with Crippen molar-refractivity contribution in [1.29, 1.82) is 0 Å². The van der Waals surface area contributed by atoms with E-state index in [0.29, 0.717) is 31.0 Å². The van der Waals surface area contributed by atoms with Crippen molar-refractivity contribution in [3.05, 3.63) is 41.6 Å². The molecule has 0 saturated carbocycles. The van der Waals surface area contributed by atoms with Gasteiger partial charge in [0.05, 0.1) is 26.0 Å². The van der Waals surface area contributed by atoms with Crippen molar-refractivity contribution < 1.29 is 24.3 Å². The van der Waals surface area contributed by atoms with Crippen LogP contribution in [0.5, 0.6) is 11.5 Å². The molecule has 1 fully saturated rings. The molecule has 0 aliphatic carbocycles. The van der Waals surface area contributed by atoms with Gasteiger partial charge in [0.2, 0.25) is 0 Å². The van der Waals surface area contributed by atoms with E-state index in [0.717, 1.165) is 28.9 Å². The third kappa shape index (κ3) is 4.18. The number of aromatic nitrogens is 1. The molecular weight excluding hydrogens is 333 g/mol. The van der Waals surface area contributed by atoms with Gasteiger partial charge in [-0.25, -0.2) is 0 Å². The number of aliphatic hydroxyl groups excluding tert-OH is 1. The van der Waals surface area contributed by atoms with Gasteiger partial charge in [-0.2, -0.15) is 0 Å². The van der Waals surface area contributed by atoms with E-state index in [2.05, 4.69) is 0 Å². The highest BCUT2D eigenvalue weighted by Crippen LogP contribution is 2.34. The second kappa shape index (κ2) is 8.53. The molecule has 0 bridgehead atoms. The van der Waals surface area contributed by atoms with E-state index >= 15 is 0 Å². The Labute approximate surface area is 153 Å². The summed E-state index contributed by atoms with van der Waals surface area (Å²) in [7, 11) is 0.861. The lowest BCUT2D eigenvalue weighted by molar-refractivity contribution is 0.280. The average Bonchev–Trinajstić information content (AvgIpc) is 3.12. The summed E-state index contributed by atoms with van der Waals surface area (Å²) in [6, 6.07) is 9.41. The summed E-state index contributed by atoms with van der Waals surface area (Å²) in [4.78, 5) is 4.75. The van der Waals surface area contributed by atoms with E-state index in [1.807, 2.05) is 37.3 Å². The van der Waals surface area contributed by atoms with Crippen LogP contribution in [0.2, 0.25) is 6.32 Å². The molecule has 2 N–H and O–H groups in total. The smallest absolute Gasteiger partial charge is 0.454 e. The molecule has 26 heavy (non-hydrogen) atoms. The Balaban J connectivity index is 1.97. The molecule has 1 unspecified atom stereocenters. The van der Waals surface area contributed by atoms with Gasteiger partial charge in [-0.3, -0.25) is 4.98 Å². The predicted molar refractivity (Wildman–Crippen MR) is 99.4 cm³/mol. The molecule has 1 atom stereocenters. The van der Waals surface area contributed by atoms with Crippen molar-refractivity contribution in [2.24, 2.45) is 0 Å². The van der Waals surface area contributed by atoms with Crippen molar-refractivity contribution in [1.82, 2.24) is 4.98 Å². The van der Waals surface area contributed by atoms with Crippen LogP contribution in [0.25, 0.3) is 11.3 Å². The fraction of sp³-hybridized carbons (Fsp3) is 0.421. The molecule has 3 rings (SSSR count). The quantitative estimate of drug-likeness (QED) is 0.742. The lowest BCUT2D eigenvalue weighted by Gasteiger charge is -2.14. The minimum absolute atomic E-state index is 0.0179. The Bertz CT molecular complexity index is 755. The van der Waals surface area contributed by atoms with Gasteiger partial charge in [0.15, 0.2) is 11.5 Å². The number of pyridine rings is 1. The van der Waals surface area contributed by atoms with Gasteiger partial charge in [0.1, 0.15) is 0 Å². The molecular formula is C19H24BNO5. The highest BCUT2D eigenvalue weighted by atomic mass is 16.5. The van der Waals surface area contributed by atoms with Gasteiger partial charge >= 0.3 is 7.12 Å². The topological polar surface area (TPSA) is 81.0 Å². The Morgan fingerprint density at radius 2 is 2.12 bits per heavy atom. The summed E-state index contributed by atoms with van der Waals surface area (Å²) in [5, 5.41) is 19.2. The Kier molecular flexibility index (Phi) is 6.14. The van der Waals surface area contributed by atoms with E-state index in [4.69, 9.17) is 19.1 Å². The second-order valence-corrected chi connectivity index (χ2v) is 6.38. The first-order valence-corrected chi connectivity index (χ1v) is 8.87. The largest absolute Gasteiger partial charge is 0.493 e. The molecule has 1 aromatic heterocycles. The number of nitrogens with zero attached hydrogens (tertiary/aromatic N) is 1. The number of ether oxygens (including phenoxy) is 2. The third-order valence-corrected chi connectivity index (χ3v) is 4.40. The van der Waals surface area contributed by atoms with Gasteiger partial charge in [-0.1, -0.05) is 6.92 Å². The highest BCUT2D eigenvalue weighted by Gasteiger charge is 2.31. The standard InChI is InChI=1S/C19H24BNO5/c1-3-6-25-19-9-14(4-5-18(19)24-2)16-7-13(11-22)8-17(21-16)15-10-20(23)26-12-15/h4-5,7-9,15,22-23H,3,6,10-12H2,1-2H3. The molecule has 7 heteroatoms. The lowest BCUT2D eigenvalue weighted by atomic mass is 9.81. The number of aliphatic hydroxyl groups is 1. The SMILES string of the molecule is CCCOc1cc(-c2cc(CO)cc(C3COB(O)C3)n2)ccc1OC. The Morgan fingerprint density at radius 1 is 1.27 bits per heavy atom. The molecule has 6 nitrogen and oxygen atoms in total.